The first-order chi connectivity index (χ1) is 15.2. The van der Waals surface area contributed by atoms with E-state index in [1.165, 1.54) is 0 Å². The molecule has 31 heavy (non-hydrogen) atoms. The first-order valence-electron chi connectivity index (χ1n) is 10.3. The molecule has 6 heteroatoms. The van der Waals surface area contributed by atoms with Gasteiger partial charge < -0.3 is 4.74 Å². The van der Waals surface area contributed by atoms with Crippen molar-refractivity contribution in [2.75, 3.05) is 7.11 Å². The summed E-state index contributed by atoms with van der Waals surface area (Å²) in [5, 5.41) is 5.84. The predicted octanol–water partition coefficient (Wildman–Crippen LogP) is 6.16. The van der Waals surface area contributed by atoms with Crippen molar-refractivity contribution >= 4 is 19.2 Å². The lowest BCUT2D eigenvalue weighted by atomic mass is 9.94. The highest BCUT2D eigenvalue weighted by atomic mass is 32.2. The number of fused-ring (bicyclic) bond motifs is 1. The first kappa shape index (κ1) is 20.2. The molecule has 0 saturated carbocycles. The van der Waals surface area contributed by atoms with E-state index in [1.54, 1.807) is 7.11 Å². The zero-order chi connectivity index (χ0) is 21.4. The highest BCUT2D eigenvalue weighted by molar-refractivity contribution is 7.86. The second kappa shape index (κ2) is 8.41. The lowest BCUT2D eigenvalue weighted by Gasteiger charge is -2.33. The van der Waals surface area contributed by atoms with Gasteiger partial charge in [0.1, 0.15) is 5.75 Å². The van der Waals surface area contributed by atoms with E-state index < -0.39 is 10.8 Å². The highest BCUT2D eigenvalue weighted by Gasteiger charge is 2.43. The Morgan fingerprint density at radius 3 is 2.19 bits per heavy atom. The van der Waals surface area contributed by atoms with Crippen LogP contribution in [0.4, 0.5) is 0 Å². The van der Waals surface area contributed by atoms with Crippen LogP contribution in [0.1, 0.15) is 45.5 Å². The minimum absolute atomic E-state index is 0.0638. The fourth-order valence-corrected chi connectivity index (χ4v) is 7.92. The smallest absolute Gasteiger partial charge is 0.118 e. The monoisotopic (exact) mass is 446 g/mol. The lowest BCUT2D eigenvalue weighted by molar-refractivity contribution is 0.414. The normalized spacial score (nSPS) is 22.9. The van der Waals surface area contributed by atoms with Crippen LogP contribution in [0, 0.1) is 0 Å². The average Bonchev–Trinajstić information content (AvgIpc) is 3.26. The van der Waals surface area contributed by atoms with Crippen LogP contribution in [0.5, 0.6) is 5.75 Å². The maximum atomic E-state index is 14.1. The summed E-state index contributed by atoms with van der Waals surface area (Å²) < 4.78 is 21.4. The molecule has 0 aliphatic carbocycles. The maximum Gasteiger partial charge on any atom is 0.118 e. The molecule has 1 unspecified atom stereocenters. The summed E-state index contributed by atoms with van der Waals surface area (Å²) in [5.41, 5.74) is 4.24. The molecule has 2 heterocycles. The van der Waals surface area contributed by atoms with Gasteiger partial charge in [0.2, 0.25) is 0 Å². The van der Waals surface area contributed by atoms with Crippen LogP contribution in [0.3, 0.4) is 0 Å². The predicted molar refractivity (Wildman–Crippen MR) is 127 cm³/mol. The number of hydrogen-bond donors (Lipinski definition) is 0. The largest absolute Gasteiger partial charge is 0.497 e. The topological polar surface area (TPSA) is 44.1 Å². The van der Waals surface area contributed by atoms with Crippen LogP contribution >= 0.6 is 8.35 Å². The molecule has 0 N–H and O–H groups in total. The van der Waals surface area contributed by atoms with Crippen molar-refractivity contribution < 1.29 is 8.95 Å². The third-order valence-corrected chi connectivity index (χ3v) is 9.36. The van der Waals surface area contributed by atoms with Gasteiger partial charge in [-0.25, -0.2) is 4.44 Å². The Kier molecular flexibility index (Phi) is 5.47. The van der Waals surface area contributed by atoms with Crippen LogP contribution in [-0.2, 0) is 10.8 Å². The molecule has 5 rings (SSSR count). The lowest BCUT2D eigenvalue weighted by Crippen LogP contribution is -2.26. The molecule has 1 aliphatic rings. The van der Waals surface area contributed by atoms with E-state index in [2.05, 4.69) is 31.2 Å². The summed E-state index contributed by atoms with van der Waals surface area (Å²) in [5.74, 6) is 0.862. The second-order valence-electron chi connectivity index (χ2n) is 7.70. The number of methoxy groups -OCH3 is 1. The van der Waals surface area contributed by atoms with Crippen molar-refractivity contribution in [1.29, 1.82) is 0 Å². The standard InChI is InChI=1S/C25H23N2O2PS/c1-17-22-23(30-27(26-22)20-11-7-4-8-12-20)25(19-13-15-21(29-2)16-14-19)31(28)24(17)18-9-5-3-6-10-18/h3-17,24-25H,1-2H3/t17-,24-,25-,31?/m0/s1. The fourth-order valence-electron chi connectivity index (χ4n) is 4.25. The Hall–Kier alpha value is -2.75. The Morgan fingerprint density at radius 2 is 1.55 bits per heavy atom. The molecule has 0 spiro atoms. The number of ether oxygens (including phenoxy) is 1. The molecule has 4 nitrogen and oxygen atoms in total. The molecule has 4 atom stereocenters. The number of nitrogens with zero attached hydrogens (tertiary/aromatic N) is 2. The Balaban J connectivity index is 1.68. The highest BCUT2D eigenvalue weighted by Crippen LogP contribution is 2.52. The molecule has 156 valence electrons. The van der Waals surface area contributed by atoms with E-state index in [0.717, 1.165) is 41.9 Å². The van der Waals surface area contributed by atoms with Crippen molar-refractivity contribution in [2.45, 2.75) is 23.3 Å². The fraction of sp³-hybridized carbons (Fsp3) is 0.200. The van der Waals surface area contributed by atoms with E-state index in [-0.39, 0.29) is 16.4 Å². The molecule has 0 fully saturated rings. The average molecular weight is 447 g/mol. The number of aromatic nitrogens is 2. The van der Waals surface area contributed by atoms with Gasteiger partial charge in [0.15, 0.2) is 0 Å². The number of benzene rings is 3. The summed E-state index contributed by atoms with van der Waals surface area (Å²) in [7, 11) is 1.50. The van der Waals surface area contributed by atoms with Gasteiger partial charge in [-0.2, -0.15) is 5.10 Å². The molecule has 3 aromatic carbocycles. The molecule has 1 aromatic heterocycles. The van der Waals surface area contributed by atoms with Gasteiger partial charge in [0, 0.05) is 30.4 Å². The van der Waals surface area contributed by atoms with Gasteiger partial charge in [-0.05, 0) is 35.4 Å². The molecule has 0 saturated heterocycles. The third kappa shape index (κ3) is 3.62. The SMILES string of the molecule is COc1ccc([C@H]2c3pn(-c4ccccc4)nc3[C@H](C)[C@@H](c3ccccc3)S2=O)cc1. The Morgan fingerprint density at radius 1 is 0.903 bits per heavy atom. The van der Waals surface area contributed by atoms with Crippen LogP contribution in [0.2, 0.25) is 0 Å². The molecule has 0 radical (unpaired) electrons. The molecule has 1 aliphatic heterocycles. The van der Waals surface area contributed by atoms with Gasteiger partial charge in [-0.1, -0.05) is 67.6 Å². The van der Waals surface area contributed by atoms with Crippen molar-refractivity contribution in [3.8, 4) is 11.4 Å². The molecule has 4 aromatic rings. The molecule has 0 bridgehead atoms. The van der Waals surface area contributed by atoms with Crippen LogP contribution < -0.4 is 4.74 Å². The second-order valence-corrected chi connectivity index (χ2v) is 10.4. The van der Waals surface area contributed by atoms with Crippen molar-refractivity contribution in [2.24, 2.45) is 0 Å². The molecular weight excluding hydrogens is 423 g/mol. The van der Waals surface area contributed by atoms with Crippen LogP contribution in [0.15, 0.2) is 84.9 Å². The van der Waals surface area contributed by atoms with Crippen molar-refractivity contribution in [3.63, 3.8) is 0 Å². The zero-order valence-electron chi connectivity index (χ0n) is 17.4. The van der Waals surface area contributed by atoms with Crippen LogP contribution in [-0.4, -0.2) is 20.9 Å². The van der Waals surface area contributed by atoms with Gasteiger partial charge >= 0.3 is 0 Å². The van der Waals surface area contributed by atoms with E-state index in [0.29, 0.717) is 0 Å². The maximum absolute atomic E-state index is 14.1. The van der Waals surface area contributed by atoms with E-state index >= 15 is 0 Å². The van der Waals surface area contributed by atoms with Gasteiger partial charge in [-0.15, -0.1) is 0 Å². The Bertz CT molecular complexity index is 1210. The van der Waals surface area contributed by atoms with E-state index in [9.17, 15) is 4.21 Å². The summed E-state index contributed by atoms with van der Waals surface area (Å²) in [6.07, 6.45) is 0. The third-order valence-electron chi connectivity index (χ3n) is 5.82. The minimum Gasteiger partial charge on any atom is -0.497 e. The van der Waals surface area contributed by atoms with Crippen molar-refractivity contribution in [1.82, 2.24) is 9.54 Å². The Labute approximate surface area is 186 Å². The molecular formula is C25H23N2O2PS. The zero-order valence-corrected chi connectivity index (χ0v) is 19.1. The van der Waals surface area contributed by atoms with Gasteiger partial charge in [0.05, 0.1) is 29.0 Å². The van der Waals surface area contributed by atoms with Crippen LogP contribution in [0.25, 0.3) is 5.69 Å². The summed E-state index contributed by atoms with van der Waals surface area (Å²) >= 11 is 0. The van der Waals surface area contributed by atoms with Gasteiger partial charge in [0.25, 0.3) is 0 Å². The molecule has 0 amide bonds. The van der Waals surface area contributed by atoms with Gasteiger partial charge in [-0.3, -0.25) is 4.21 Å². The van der Waals surface area contributed by atoms with Crippen molar-refractivity contribution in [3.05, 3.63) is 107 Å². The summed E-state index contributed by atoms with van der Waals surface area (Å²) in [4.78, 5) is 0. The van der Waals surface area contributed by atoms with E-state index in [1.807, 2.05) is 65.1 Å². The number of rotatable bonds is 4. The number of hydrogen-bond acceptors (Lipinski definition) is 3. The summed E-state index contributed by atoms with van der Waals surface area (Å²) in [6, 6.07) is 28.3. The number of para-hydroxylation sites is 1. The summed E-state index contributed by atoms with van der Waals surface area (Å²) in [6.45, 7) is 2.16. The minimum atomic E-state index is -1.13. The first-order valence-corrected chi connectivity index (χ1v) is 12.4. The quantitative estimate of drug-likeness (QED) is 0.377. The van der Waals surface area contributed by atoms with E-state index in [4.69, 9.17) is 9.84 Å².